The molecule has 0 N–H and O–H groups in total. The maximum Gasteiger partial charge on any atom is 0.302 e. The molecule has 150 valence electrons. The zero-order valence-electron chi connectivity index (χ0n) is 17.1. The molecule has 4 aliphatic rings. The van der Waals surface area contributed by atoms with Gasteiger partial charge in [-0.1, -0.05) is 31.5 Å². The van der Waals surface area contributed by atoms with Crippen molar-refractivity contribution < 1.29 is 9.53 Å². The summed E-state index contributed by atoms with van der Waals surface area (Å²) >= 11 is 6.16. The van der Waals surface area contributed by atoms with Gasteiger partial charge in [-0.25, -0.2) is 4.98 Å². The van der Waals surface area contributed by atoms with E-state index in [0.717, 1.165) is 25.7 Å². The van der Waals surface area contributed by atoms with Crippen molar-refractivity contribution in [3.05, 3.63) is 34.6 Å². The van der Waals surface area contributed by atoms with Gasteiger partial charge in [-0.15, -0.1) is 0 Å². The second-order valence-corrected chi connectivity index (χ2v) is 10.4. The van der Waals surface area contributed by atoms with E-state index in [4.69, 9.17) is 16.3 Å². The van der Waals surface area contributed by atoms with E-state index >= 15 is 0 Å². The number of esters is 1. The molecule has 0 saturated heterocycles. The summed E-state index contributed by atoms with van der Waals surface area (Å²) in [7, 11) is 0. The molecular weight excluding hydrogens is 370 g/mol. The number of carbonyl (C=O) groups excluding carboxylic acids is 1. The lowest BCUT2D eigenvalue weighted by molar-refractivity contribution is -0.156. The van der Waals surface area contributed by atoms with Gasteiger partial charge in [0.25, 0.3) is 0 Å². The molecule has 2 fully saturated rings. The summed E-state index contributed by atoms with van der Waals surface area (Å²) in [4.78, 5) is 16.2. The minimum Gasteiger partial charge on any atom is -0.462 e. The topological polar surface area (TPSA) is 39.2 Å². The van der Waals surface area contributed by atoms with Crippen molar-refractivity contribution in [2.75, 3.05) is 0 Å². The standard InChI is InChI=1S/C24H30ClNO2/c1-14(27)28-21-8-7-17-15-4-6-18-16-5-9-22(25)26-20(16)11-13-23(18,2)19(15)10-12-24(17,21)3/h5-6,9,15,17,19,21H,4,7-8,10-13H2,1-3H3/t15-,17-,19-,21-,23-,24-/m0/s1. The zero-order chi connectivity index (χ0) is 19.7. The molecule has 0 radical (unpaired) electrons. The van der Waals surface area contributed by atoms with Gasteiger partial charge in [-0.2, -0.15) is 0 Å². The second-order valence-electron chi connectivity index (χ2n) is 10.00. The Morgan fingerprint density at radius 1 is 1.18 bits per heavy atom. The summed E-state index contributed by atoms with van der Waals surface area (Å²) in [6.07, 6.45) is 10.6. The van der Waals surface area contributed by atoms with E-state index in [2.05, 4.69) is 31.0 Å². The molecule has 4 aliphatic carbocycles. The Hall–Kier alpha value is -1.35. The van der Waals surface area contributed by atoms with Crippen molar-refractivity contribution in [3.8, 4) is 0 Å². The lowest BCUT2D eigenvalue weighted by Gasteiger charge is -2.57. The average molecular weight is 400 g/mol. The van der Waals surface area contributed by atoms with Gasteiger partial charge in [0, 0.05) is 18.0 Å². The maximum atomic E-state index is 11.6. The Labute approximate surface area is 172 Å². The molecule has 28 heavy (non-hydrogen) atoms. The van der Waals surface area contributed by atoms with E-state index in [1.165, 1.54) is 36.1 Å². The van der Waals surface area contributed by atoms with Crippen LogP contribution in [0.3, 0.4) is 0 Å². The molecule has 0 spiro atoms. The summed E-state index contributed by atoms with van der Waals surface area (Å²) in [5.74, 6) is 1.96. The number of pyridine rings is 1. The van der Waals surface area contributed by atoms with Crippen molar-refractivity contribution in [2.45, 2.75) is 71.8 Å². The highest BCUT2D eigenvalue weighted by Gasteiger charge is 2.59. The Morgan fingerprint density at radius 3 is 2.79 bits per heavy atom. The quantitative estimate of drug-likeness (QED) is 0.439. The van der Waals surface area contributed by atoms with Gasteiger partial charge >= 0.3 is 5.97 Å². The molecule has 5 rings (SSSR count). The fraction of sp³-hybridized carbons (Fsp3) is 0.667. The van der Waals surface area contributed by atoms with E-state index in [1.54, 1.807) is 6.92 Å². The van der Waals surface area contributed by atoms with Crippen molar-refractivity contribution >= 4 is 23.1 Å². The molecule has 2 saturated carbocycles. The number of nitrogens with zero attached hydrogens (tertiary/aromatic N) is 1. The zero-order valence-corrected chi connectivity index (χ0v) is 17.9. The Kier molecular flexibility index (Phi) is 4.21. The van der Waals surface area contributed by atoms with Crippen molar-refractivity contribution in [2.24, 2.45) is 28.6 Å². The predicted octanol–water partition coefficient (Wildman–Crippen LogP) is 5.85. The number of rotatable bonds is 1. The van der Waals surface area contributed by atoms with Gasteiger partial charge in [-0.3, -0.25) is 4.79 Å². The molecular formula is C24H30ClNO2. The van der Waals surface area contributed by atoms with Crippen LogP contribution in [0, 0.1) is 28.6 Å². The van der Waals surface area contributed by atoms with Crippen LogP contribution in [0.15, 0.2) is 18.2 Å². The van der Waals surface area contributed by atoms with E-state index in [1.807, 2.05) is 6.07 Å². The van der Waals surface area contributed by atoms with E-state index in [0.29, 0.717) is 22.9 Å². The monoisotopic (exact) mass is 399 g/mol. The summed E-state index contributed by atoms with van der Waals surface area (Å²) in [6, 6.07) is 4.13. The number of halogens is 1. The van der Waals surface area contributed by atoms with E-state index in [9.17, 15) is 4.79 Å². The first-order chi connectivity index (χ1) is 13.3. The molecule has 0 aliphatic heterocycles. The first kappa shape index (κ1) is 18.7. The SMILES string of the molecule is CC(=O)O[C@H]1CC[C@H]2[C@@H]3CC=C4c5ccc(Cl)nc5CC[C@]4(C)[C@H]3CC[C@]12C. The summed E-state index contributed by atoms with van der Waals surface area (Å²) in [6.45, 7) is 6.44. The van der Waals surface area contributed by atoms with Gasteiger partial charge in [0.1, 0.15) is 11.3 Å². The second kappa shape index (κ2) is 6.32. The molecule has 0 aromatic carbocycles. The third-order valence-electron chi connectivity index (χ3n) is 8.80. The number of ether oxygens (including phenoxy) is 1. The van der Waals surface area contributed by atoms with Crippen molar-refractivity contribution in [1.29, 1.82) is 0 Å². The van der Waals surface area contributed by atoms with Crippen LogP contribution in [0.1, 0.15) is 70.6 Å². The third-order valence-corrected chi connectivity index (χ3v) is 9.01. The highest BCUT2D eigenvalue weighted by Crippen LogP contribution is 2.66. The Balaban J connectivity index is 1.50. The number of fused-ring (bicyclic) bond motifs is 7. The first-order valence-corrected chi connectivity index (χ1v) is 11.2. The van der Waals surface area contributed by atoms with E-state index < -0.39 is 0 Å². The molecule has 0 bridgehead atoms. The highest BCUT2D eigenvalue weighted by molar-refractivity contribution is 6.29. The van der Waals surface area contributed by atoms with E-state index in [-0.39, 0.29) is 22.9 Å². The summed E-state index contributed by atoms with van der Waals surface area (Å²) in [5, 5.41) is 0.604. The molecule has 6 atom stereocenters. The van der Waals surface area contributed by atoms with Crippen LogP contribution < -0.4 is 0 Å². The first-order valence-electron chi connectivity index (χ1n) is 10.9. The molecule has 4 heteroatoms. The van der Waals surface area contributed by atoms with Crippen molar-refractivity contribution in [1.82, 2.24) is 4.98 Å². The van der Waals surface area contributed by atoms with Crippen LogP contribution in [0.4, 0.5) is 0 Å². The molecule has 1 aromatic rings. The van der Waals surface area contributed by atoms with Gasteiger partial charge in [-0.05, 0) is 91.4 Å². The normalized spacial score (nSPS) is 41.2. The maximum absolute atomic E-state index is 11.6. The number of allylic oxidation sites excluding steroid dienone is 2. The minimum atomic E-state index is -0.123. The average Bonchev–Trinajstić information content (AvgIpc) is 2.97. The number of aryl methyl sites for hydroxylation is 1. The summed E-state index contributed by atoms with van der Waals surface area (Å²) < 4.78 is 5.78. The summed E-state index contributed by atoms with van der Waals surface area (Å²) in [5.41, 5.74) is 4.39. The highest BCUT2D eigenvalue weighted by atomic mass is 35.5. The molecule has 0 amide bonds. The minimum absolute atomic E-state index is 0.104. The van der Waals surface area contributed by atoms with Gasteiger partial charge in [0.2, 0.25) is 0 Å². The molecule has 3 nitrogen and oxygen atoms in total. The van der Waals surface area contributed by atoms with Gasteiger partial charge < -0.3 is 4.74 Å². The van der Waals surface area contributed by atoms with Gasteiger partial charge in [0.15, 0.2) is 0 Å². The number of carbonyl (C=O) groups is 1. The number of hydrogen-bond acceptors (Lipinski definition) is 3. The van der Waals surface area contributed by atoms with Crippen LogP contribution in [-0.2, 0) is 16.0 Å². The van der Waals surface area contributed by atoms with Crippen LogP contribution in [0.25, 0.3) is 5.57 Å². The van der Waals surface area contributed by atoms with Gasteiger partial charge in [0.05, 0.1) is 0 Å². The smallest absolute Gasteiger partial charge is 0.302 e. The number of aromatic nitrogens is 1. The Bertz CT molecular complexity index is 864. The van der Waals surface area contributed by atoms with Crippen LogP contribution in [0.2, 0.25) is 5.15 Å². The van der Waals surface area contributed by atoms with Crippen LogP contribution >= 0.6 is 11.6 Å². The lowest BCUT2D eigenvalue weighted by Crippen LogP contribution is -2.50. The molecule has 0 unspecified atom stereocenters. The number of hydrogen-bond donors (Lipinski definition) is 0. The Morgan fingerprint density at radius 2 is 2.00 bits per heavy atom. The lowest BCUT2D eigenvalue weighted by atomic mass is 9.48. The molecule has 1 heterocycles. The largest absolute Gasteiger partial charge is 0.462 e. The molecule has 1 aromatic heterocycles. The third kappa shape index (κ3) is 2.54. The van der Waals surface area contributed by atoms with Crippen LogP contribution in [-0.4, -0.2) is 17.1 Å². The van der Waals surface area contributed by atoms with Crippen molar-refractivity contribution in [3.63, 3.8) is 0 Å². The predicted molar refractivity (Wildman–Crippen MR) is 111 cm³/mol. The fourth-order valence-corrected chi connectivity index (χ4v) is 7.63. The fourth-order valence-electron chi connectivity index (χ4n) is 7.47. The van der Waals surface area contributed by atoms with Crippen LogP contribution in [0.5, 0.6) is 0 Å².